The van der Waals surface area contributed by atoms with E-state index in [-0.39, 0.29) is 18.4 Å². The number of rotatable bonds is 2. The van der Waals surface area contributed by atoms with E-state index in [9.17, 15) is 8.78 Å². The Kier molecular flexibility index (Phi) is 4.88. The van der Waals surface area contributed by atoms with E-state index in [2.05, 4.69) is 0 Å². The molecule has 0 spiro atoms. The first-order valence-electron chi connectivity index (χ1n) is 3.85. The van der Waals surface area contributed by atoms with Crippen LogP contribution in [-0.2, 0) is 0 Å². The van der Waals surface area contributed by atoms with Crippen molar-refractivity contribution < 1.29 is 8.78 Å². The van der Waals surface area contributed by atoms with Crippen LogP contribution in [0.15, 0.2) is 18.2 Å². The van der Waals surface area contributed by atoms with Crippen LogP contribution < -0.4 is 5.73 Å². The average Bonchev–Trinajstić information content (AvgIpc) is 2.08. The van der Waals surface area contributed by atoms with Gasteiger partial charge in [-0.25, -0.2) is 8.78 Å². The molecule has 1 rings (SSSR count). The van der Waals surface area contributed by atoms with Gasteiger partial charge in [0.1, 0.15) is 0 Å². The molecular weight excluding hydrogens is 196 g/mol. The summed E-state index contributed by atoms with van der Waals surface area (Å²) >= 11 is 0. The summed E-state index contributed by atoms with van der Waals surface area (Å²) in [6.45, 7) is 1.89. The second-order valence-corrected chi connectivity index (χ2v) is 2.69. The van der Waals surface area contributed by atoms with E-state index in [1.165, 1.54) is 6.07 Å². The first-order valence-corrected chi connectivity index (χ1v) is 3.85. The lowest BCUT2D eigenvalue weighted by molar-refractivity contribution is 0.504. The first kappa shape index (κ1) is 12.3. The summed E-state index contributed by atoms with van der Waals surface area (Å²) in [5.74, 6) is -1.67. The topological polar surface area (TPSA) is 26.0 Å². The highest BCUT2D eigenvalue weighted by molar-refractivity contribution is 5.85. The average molecular weight is 208 g/mol. The molecule has 0 bridgehead atoms. The van der Waals surface area contributed by atoms with Crippen molar-refractivity contribution in [3.63, 3.8) is 0 Å². The van der Waals surface area contributed by atoms with E-state index < -0.39 is 11.6 Å². The number of hydrogen-bond donors (Lipinski definition) is 1. The van der Waals surface area contributed by atoms with Crippen molar-refractivity contribution in [2.75, 3.05) is 0 Å². The molecule has 1 nitrogen and oxygen atoms in total. The fourth-order valence-electron chi connectivity index (χ4n) is 0.979. The van der Waals surface area contributed by atoms with Crippen LogP contribution in [0.4, 0.5) is 8.78 Å². The Morgan fingerprint density at radius 1 is 1.31 bits per heavy atom. The van der Waals surface area contributed by atoms with Crippen molar-refractivity contribution in [3.05, 3.63) is 35.4 Å². The van der Waals surface area contributed by atoms with Gasteiger partial charge in [-0.1, -0.05) is 13.0 Å². The molecule has 0 unspecified atom stereocenters. The Morgan fingerprint density at radius 2 is 1.92 bits per heavy atom. The zero-order chi connectivity index (χ0) is 9.14. The highest BCUT2D eigenvalue weighted by Gasteiger charge is 2.06. The maximum atomic E-state index is 12.6. The lowest BCUT2D eigenvalue weighted by Gasteiger charge is -2.08. The van der Waals surface area contributed by atoms with Crippen molar-refractivity contribution in [1.29, 1.82) is 0 Å². The minimum Gasteiger partial charge on any atom is -0.324 e. The molecule has 0 aromatic heterocycles. The molecule has 0 aliphatic carbocycles. The van der Waals surface area contributed by atoms with E-state index in [1.54, 1.807) is 0 Å². The fraction of sp³-hybridized carbons (Fsp3) is 0.333. The van der Waals surface area contributed by atoms with Gasteiger partial charge in [0.05, 0.1) is 0 Å². The lowest BCUT2D eigenvalue weighted by atomic mass is 10.1. The fourth-order valence-corrected chi connectivity index (χ4v) is 0.979. The molecule has 0 aliphatic heterocycles. The molecule has 2 N–H and O–H groups in total. The molecule has 0 saturated carbocycles. The smallest absolute Gasteiger partial charge is 0.159 e. The molecule has 0 radical (unpaired) electrons. The highest BCUT2D eigenvalue weighted by atomic mass is 35.5. The molecule has 0 amide bonds. The van der Waals surface area contributed by atoms with Crippen molar-refractivity contribution in [3.8, 4) is 0 Å². The summed E-state index contributed by atoms with van der Waals surface area (Å²) in [6.07, 6.45) is 0.713. The summed E-state index contributed by atoms with van der Waals surface area (Å²) in [5.41, 5.74) is 6.26. The van der Waals surface area contributed by atoms with E-state index in [1.807, 2.05) is 6.92 Å². The van der Waals surface area contributed by atoms with E-state index in [4.69, 9.17) is 5.73 Å². The molecule has 0 fully saturated rings. The van der Waals surface area contributed by atoms with E-state index >= 15 is 0 Å². The summed E-state index contributed by atoms with van der Waals surface area (Å²) in [7, 11) is 0. The third-order valence-electron chi connectivity index (χ3n) is 1.81. The van der Waals surface area contributed by atoms with Gasteiger partial charge in [-0.15, -0.1) is 12.4 Å². The highest BCUT2D eigenvalue weighted by Crippen LogP contribution is 2.16. The van der Waals surface area contributed by atoms with Crippen LogP contribution in [0.5, 0.6) is 0 Å². The van der Waals surface area contributed by atoms with Crippen LogP contribution in [-0.4, -0.2) is 0 Å². The van der Waals surface area contributed by atoms with Crippen LogP contribution in [0.2, 0.25) is 0 Å². The molecule has 0 saturated heterocycles. The normalized spacial score (nSPS) is 12.0. The minimum absolute atomic E-state index is 0. The second kappa shape index (κ2) is 5.14. The Bertz CT molecular complexity index is 278. The number of benzene rings is 1. The van der Waals surface area contributed by atoms with Gasteiger partial charge in [-0.3, -0.25) is 0 Å². The Labute approximate surface area is 82.4 Å². The van der Waals surface area contributed by atoms with Gasteiger partial charge in [0.25, 0.3) is 0 Å². The number of hydrogen-bond acceptors (Lipinski definition) is 1. The minimum atomic E-state index is -0.837. The predicted molar refractivity (Wildman–Crippen MR) is 50.8 cm³/mol. The number of halogens is 3. The van der Waals surface area contributed by atoms with Crippen LogP contribution in [0.1, 0.15) is 24.9 Å². The molecular formula is C9H12ClF2N. The molecule has 0 aliphatic rings. The third-order valence-corrected chi connectivity index (χ3v) is 1.81. The zero-order valence-electron chi connectivity index (χ0n) is 7.26. The molecule has 0 heterocycles. The maximum absolute atomic E-state index is 12.6. The maximum Gasteiger partial charge on any atom is 0.159 e. The van der Waals surface area contributed by atoms with Gasteiger partial charge in [-0.05, 0) is 24.1 Å². The van der Waals surface area contributed by atoms with Crippen molar-refractivity contribution in [2.45, 2.75) is 19.4 Å². The van der Waals surface area contributed by atoms with Crippen LogP contribution in [0, 0.1) is 11.6 Å². The van der Waals surface area contributed by atoms with Gasteiger partial charge >= 0.3 is 0 Å². The number of nitrogens with two attached hydrogens (primary N) is 1. The predicted octanol–water partition coefficient (Wildman–Crippen LogP) is 2.80. The monoisotopic (exact) mass is 207 g/mol. The zero-order valence-corrected chi connectivity index (χ0v) is 8.07. The van der Waals surface area contributed by atoms with Crippen LogP contribution in [0.3, 0.4) is 0 Å². The van der Waals surface area contributed by atoms with Gasteiger partial charge in [0.15, 0.2) is 11.6 Å². The van der Waals surface area contributed by atoms with Gasteiger partial charge in [-0.2, -0.15) is 0 Å². The summed E-state index contributed by atoms with van der Waals surface area (Å²) in [5, 5.41) is 0. The van der Waals surface area contributed by atoms with Crippen molar-refractivity contribution >= 4 is 12.4 Å². The molecule has 13 heavy (non-hydrogen) atoms. The van der Waals surface area contributed by atoms with Crippen molar-refractivity contribution in [2.24, 2.45) is 5.73 Å². The van der Waals surface area contributed by atoms with E-state index in [0.29, 0.717) is 12.0 Å². The quantitative estimate of drug-likeness (QED) is 0.793. The van der Waals surface area contributed by atoms with Crippen LogP contribution in [0.25, 0.3) is 0 Å². The second-order valence-electron chi connectivity index (χ2n) is 2.69. The third kappa shape index (κ3) is 2.94. The largest absolute Gasteiger partial charge is 0.324 e. The Balaban J connectivity index is 0.00000144. The van der Waals surface area contributed by atoms with Gasteiger partial charge in [0, 0.05) is 6.04 Å². The molecule has 1 atom stereocenters. The summed E-state index contributed by atoms with van der Waals surface area (Å²) < 4.78 is 25.1. The molecule has 74 valence electrons. The SMILES string of the molecule is CC[C@@H](N)c1ccc(F)c(F)c1.Cl. The Morgan fingerprint density at radius 3 is 2.38 bits per heavy atom. The first-order chi connectivity index (χ1) is 5.65. The van der Waals surface area contributed by atoms with Gasteiger partial charge < -0.3 is 5.73 Å². The van der Waals surface area contributed by atoms with E-state index in [0.717, 1.165) is 12.1 Å². The Hall–Kier alpha value is -0.670. The molecule has 1 aromatic rings. The lowest BCUT2D eigenvalue weighted by Crippen LogP contribution is -2.08. The molecule has 4 heteroatoms. The standard InChI is InChI=1S/C9H11F2N.ClH/c1-2-9(12)6-3-4-7(10)8(11)5-6;/h3-5,9H,2,12H2,1H3;1H/t9-;/m1./s1. The summed E-state index contributed by atoms with van der Waals surface area (Å²) in [4.78, 5) is 0. The molecule has 1 aromatic carbocycles. The van der Waals surface area contributed by atoms with Gasteiger partial charge in [0.2, 0.25) is 0 Å². The van der Waals surface area contributed by atoms with Crippen molar-refractivity contribution in [1.82, 2.24) is 0 Å². The summed E-state index contributed by atoms with van der Waals surface area (Å²) in [6, 6.07) is 3.54. The van der Waals surface area contributed by atoms with Crippen LogP contribution >= 0.6 is 12.4 Å².